The van der Waals surface area contributed by atoms with Gasteiger partial charge in [-0.1, -0.05) is 72.8 Å². The van der Waals surface area contributed by atoms with Gasteiger partial charge >= 0.3 is 0 Å². The molecule has 0 unspecified atom stereocenters. The molecule has 0 saturated heterocycles. The Balaban J connectivity index is 0.000000429. The van der Waals surface area contributed by atoms with Gasteiger partial charge < -0.3 is 15.3 Å². The van der Waals surface area contributed by atoms with Gasteiger partial charge in [0.25, 0.3) is 0 Å². The smallest absolute Gasteiger partial charge is 0.0277 e. The Morgan fingerprint density at radius 3 is 0.903 bits per heavy atom. The third kappa shape index (κ3) is 10.8. The molecular formula is C24H24N3O3V-3. The molecule has 7 heteroatoms. The van der Waals surface area contributed by atoms with Gasteiger partial charge in [-0.05, 0) is 16.7 Å². The first-order chi connectivity index (χ1) is 14.5. The van der Waals surface area contributed by atoms with E-state index >= 15 is 0 Å². The van der Waals surface area contributed by atoms with Crippen molar-refractivity contribution in [3.05, 3.63) is 89.5 Å². The van der Waals surface area contributed by atoms with Crippen molar-refractivity contribution >= 4 is 18.6 Å². The van der Waals surface area contributed by atoms with Crippen molar-refractivity contribution in [1.29, 1.82) is 0 Å². The Morgan fingerprint density at radius 1 is 0.484 bits per heavy atom. The van der Waals surface area contributed by atoms with Crippen LogP contribution in [0.15, 0.2) is 87.8 Å². The fourth-order valence-electron chi connectivity index (χ4n) is 2.18. The van der Waals surface area contributed by atoms with Crippen molar-refractivity contribution in [3.63, 3.8) is 0 Å². The van der Waals surface area contributed by atoms with E-state index in [9.17, 15) is 15.3 Å². The van der Waals surface area contributed by atoms with E-state index in [1.54, 1.807) is 76.2 Å². The molecule has 0 fully saturated rings. The number of para-hydroxylation sites is 3. The van der Waals surface area contributed by atoms with Gasteiger partial charge in [-0.15, -0.1) is 17.2 Å². The molecule has 3 aromatic rings. The first-order valence-corrected chi connectivity index (χ1v) is 9.08. The van der Waals surface area contributed by atoms with E-state index in [0.29, 0.717) is 16.7 Å². The summed E-state index contributed by atoms with van der Waals surface area (Å²) in [4.78, 5) is 11.2. The van der Waals surface area contributed by atoms with Crippen LogP contribution in [0.25, 0.3) is 0 Å². The minimum Gasteiger partial charge on any atom is -0.872 e. The molecule has 0 spiro atoms. The van der Waals surface area contributed by atoms with E-state index in [1.807, 2.05) is 18.2 Å². The SMILES string of the molecule is CN=Cc1ccccc1[O-].CN=Cc1ccccc1[O-].CN=Cc1ccccc1[O-].[V]. The largest absolute Gasteiger partial charge is 0.872 e. The summed E-state index contributed by atoms with van der Waals surface area (Å²) in [6.45, 7) is 0. The van der Waals surface area contributed by atoms with Crippen LogP contribution in [0.4, 0.5) is 0 Å². The first kappa shape index (κ1) is 27.7. The molecule has 0 atom stereocenters. The van der Waals surface area contributed by atoms with Crippen molar-refractivity contribution < 1.29 is 33.9 Å². The third-order valence-electron chi connectivity index (χ3n) is 3.56. The Bertz CT molecular complexity index is 862. The van der Waals surface area contributed by atoms with Gasteiger partial charge in [0.15, 0.2) is 0 Å². The Kier molecular flexibility index (Phi) is 14.7. The van der Waals surface area contributed by atoms with Crippen LogP contribution in [-0.4, -0.2) is 39.8 Å². The summed E-state index contributed by atoms with van der Waals surface area (Å²) in [7, 11) is 4.94. The standard InChI is InChI=1S/3C8H9NO.V/c3*1-9-6-7-4-2-3-5-8(7)10;/h3*2-6,10H,1H3;/p-3. The van der Waals surface area contributed by atoms with Crippen molar-refractivity contribution in [1.82, 2.24) is 0 Å². The topological polar surface area (TPSA) is 106 Å². The molecule has 0 saturated carbocycles. The summed E-state index contributed by atoms with van der Waals surface area (Å²) in [5.74, 6) is 0.0642. The molecule has 3 rings (SSSR count). The average Bonchev–Trinajstić information content (AvgIpc) is 2.75. The van der Waals surface area contributed by atoms with Crippen LogP contribution >= 0.6 is 0 Å². The first-order valence-electron chi connectivity index (χ1n) is 9.08. The van der Waals surface area contributed by atoms with Crippen LogP contribution in [0.5, 0.6) is 17.2 Å². The van der Waals surface area contributed by atoms with Crippen LogP contribution < -0.4 is 15.3 Å². The molecular weight excluding hydrogens is 429 g/mol. The normalized spacial score (nSPS) is 10.2. The third-order valence-corrected chi connectivity index (χ3v) is 3.56. The molecule has 1 radical (unpaired) electrons. The number of rotatable bonds is 3. The molecule has 0 aliphatic heterocycles. The van der Waals surface area contributed by atoms with Gasteiger partial charge in [-0.2, -0.15) is 0 Å². The van der Waals surface area contributed by atoms with Gasteiger partial charge in [-0.25, -0.2) is 0 Å². The fourth-order valence-corrected chi connectivity index (χ4v) is 2.18. The monoisotopic (exact) mass is 453 g/mol. The molecule has 6 nitrogen and oxygen atoms in total. The molecule has 0 aliphatic rings. The van der Waals surface area contributed by atoms with Crippen molar-refractivity contribution in [2.24, 2.45) is 15.0 Å². The second-order valence-corrected chi connectivity index (χ2v) is 5.78. The summed E-state index contributed by atoms with van der Waals surface area (Å²) < 4.78 is 0. The Morgan fingerprint density at radius 2 is 0.710 bits per heavy atom. The van der Waals surface area contributed by atoms with Crippen LogP contribution in [-0.2, 0) is 18.6 Å². The second-order valence-electron chi connectivity index (χ2n) is 5.78. The van der Waals surface area contributed by atoms with E-state index in [1.165, 1.54) is 18.2 Å². The summed E-state index contributed by atoms with van der Waals surface area (Å²) in [6, 6.07) is 20.4. The summed E-state index contributed by atoms with van der Waals surface area (Å²) in [5, 5.41) is 32.8. The summed E-state index contributed by atoms with van der Waals surface area (Å²) in [6.07, 6.45) is 4.67. The zero-order valence-corrected chi connectivity index (χ0v) is 19.1. The zero-order valence-electron chi connectivity index (χ0n) is 17.7. The van der Waals surface area contributed by atoms with Crippen LogP contribution in [0.3, 0.4) is 0 Å². The van der Waals surface area contributed by atoms with E-state index in [0.717, 1.165) is 0 Å². The molecule has 0 heterocycles. The summed E-state index contributed by atoms with van der Waals surface area (Å²) >= 11 is 0. The second kappa shape index (κ2) is 16.5. The molecule has 0 bridgehead atoms. The molecule has 3 aromatic carbocycles. The maximum absolute atomic E-state index is 10.9. The average molecular weight is 453 g/mol. The zero-order chi connectivity index (χ0) is 22.2. The number of nitrogens with zero attached hydrogens (tertiary/aromatic N) is 3. The minimum atomic E-state index is 0. The molecule has 0 aromatic heterocycles. The van der Waals surface area contributed by atoms with Gasteiger partial charge in [0, 0.05) is 58.3 Å². The number of aliphatic imine (C=N–C) groups is 3. The maximum Gasteiger partial charge on any atom is 0.0277 e. The molecule has 0 N–H and O–H groups in total. The number of hydrogen-bond donors (Lipinski definition) is 0. The van der Waals surface area contributed by atoms with Gasteiger partial charge in [0.05, 0.1) is 0 Å². The van der Waals surface area contributed by atoms with Crippen molar-refractivity contribution in [2.45, 2.75) is 0 Å². The number of hydrogen-bond acceptors (Lipinski definition) is 6. The van der Waals surface area contributed by atoms with E-state index in [4.69, 9.17) is 0 Å². The maximum atomic E-state index is 10.9. The minimum absolute atomic E-state index is 0. The van der Waals surface area contributed by atoms with Gasteiger partial charge in [0.2, 0.25) is 0 Å². The Labute approximate surface area is 195 Å². The van der Waals surface area contributed by atoms with Crippen molar-refractivity contribution in [3.8, 4) is 17.2 Å². The van der Waals surface area contributed by atoms with Gasteiger partial charge in [-0.3, -0.25) is 15.0 Å². The predicted molar refractivity (Wildman–Crippen MR) is 118 cm³/mol. The Hall–Kier alpha value is -3.35. The summed E-state index contributed by atoms with van der Waals surface area (Å²) in [5.41, 5.74) is 1.93. The predicted octanol–water partition coefficient (Wildman–Crippen LogP) is 2.42. The quantitative estimate of drug-likeness (QED) is 0.569. The molecule has 31 heavy (non-hydrogen) atoms. The molecule has 0 amide bonds. The van der Waals surface area contributed by atoms with Crippen LogP contribution in [0.2, 0.25) is 0 Å². The van der Waals surface area contributed by atoms with Crippen LogP contribution in [0.1, 0.15) is 16.7 Å². The fraction of sp³-hybridized carbons (Fsp3) is 0.125. The van der Waals surface area contributed by atoms with Crippen LogP contribution in [0, 0.1) is 0 Å². The molecule has 161 valence electrons. The van der Waals surface area contributed by atoms with E-state index in [-0.39, 0.29) is 35.8 Å². The van der Waals surface area contributed by atoms with E-state index < -0.39 is 0 Å². The molecule has 0 aliphatic carbocycles. The van der Waals surface area contributed by atoms with Crippen molar-refractivity contribution in [2.75, 3.05) is 21.1 Å². The number of benzene rings is 3. The van der Waals surface area contributed by atoms with Gasteiger partial charge in [0.1, 0.15) is 0 Å². The van der Waals surface area contributed by atoms with E-state index in [2.05, 4.69) is 15.0 Å².